The summed E-state index contributed by atoms with van der Waals surface area (Å²) in [5.74, 6) is 0.952. The van der Waals surface area contributed by atoms with Gasteiger partial charge in [-0.3, -0.25) is 9.69 Å². The van der Waals surface area contributed by atoms with Crippen molar-refractivity contribution in [2.75, 3.05) is 13.1 Å². The van der Waals surface area contributed by atoms with Gasteiger partial charge in [-0.05, 0) is 68.3 Å². The van der Waals surface area contributed by atoms with Crippen LogP contribution in [0.3, 0.4) is 0 Å². The summed E-state index contributed by atoms with van der Waals surface area (Å²) in [6.45, 7) is 2.26. The van der Waals surface area contributed by atoms with Crippen molar-refractivity contribution in [3.8, 4) is 0 Å². The van der Waals surface area contributed by atoms with Crippen LogP contribution in [0.1, 0.15) is 42.9 Å². The maximum absolute atomic E-state index is 12.1. The van der Waals surface area contributed by atoms with Crippen molar-refractivity contribution < 1.29 is 4.79 Å². The normalized spacial score (nSPS) is 28.8. The third-order valence-corrected chi connectivity index (χ3v) is 5.88. The second-order valence-electron chi connectivity index (χ2n) is 7.15. The van der Waals surface area contributed by atoms with Gasteiger partial charge in [0.2, 0.25) is 0 Å². The van der Waals surface area contributed by atoms with Crippen LogP contribution in [0.25, 0.3) is 0 Å². The van der Waals surface area contributed by atoms with Crippen LogP contribution < -0.4 is 0 Å². The number of piperidine rings is 1. The fraction of sp³-hybridized carbons (Fsp3) is 0.476. The Labute approximate surface area is 138 Å². The zero-order valence-electron chi connectivity index (χ0n) is 13.7. The Morgan fingerprint density at radius 2 is 1.83 bits per heavy atom. The lowest BCUT2D eigenvalue weighted by Gasteiger charge is -2.41. The fourth-order valence-corrected chi connectivity index (χ4v) is 4.63. The molecule has 0 radical (unpaired) electrons. The Balaban J connectivity index is 1.43. The molecular weight excluding hydrogens is 282 g/mol. The fourth-order valence-electron chi connectivity index (χ4n) is 4.63. The highest BCUT2D eigenvalue weighted by Gasteiger charge is 2.33. The van der Waals surface area contributed by atoms with E-state index in [0.29, 0.717) is 17.7 Å². The molecule has 3 aliphatic rings. The largest absolute Gasteiger partial charge is 0.296 e. The highest BCUT2D eigenvalue weighted by Crippen LogP contribution is 2.38. The molecule has 1 saturated heterocycles. The number of allylic oxidation sites excluding steroid dienone is 4. The van der Waals surface area contributed by atoms with Crippen LogP contribution in [0.2, 0.25) is 0 Å². The van der Waals surface area contributed by atoms with E-state index in [2.05, 4.69) is 35.2 Å². The predicted molar refractivity (Wildman–Crippen MR) is 93.2 cm³/mol. The Bertz CT molecular complexity index is 637. The van der Waals surface area contributed by atoms with Gasteiger partial charge in [0.05, 0.1) is 0 Å². The first-order valence-electron chi connectivity index (χ1n) is 9.03. The van der Waals surface area contributed by atoms with Gasteiger partial charge >= 0.3 is 0 Å². The molecule has 0 spiro atoms. The zero-order valence-corrected chi connectivity index (χ0v) is 13.7. The molecule has 0 aromatic heterocycles. The number of carbonyl (C=O) groups is 1. The van der Waals surface area contributed by atoms with Crippen molar-refractivity contribution in [2.24, 2.45) is 11.8 Å². The van der Waals surface area contributed by atoms with E-state index in [1.165, 1.54) is 19.3 Å². The van der Waals surface area contributed by atoms with Crippen LogP contribution in [-0.2, 0) is 11.2 Å². The second-order valence-corrected chi connectivity index (χ2v) is 7.15. The van der Waals surface area contributed by atoms with E-state index >= 15 is 0 Å². The molecule has 1 aromatic rings. The number of carbonyl (C=O) groups excluding carboxylic acids is 1. The summed E-state index contributed by atoms with van der Waals surface area (Å²) < 4.78 is 0. The SMILES string of the molecule is O=C1C=CC=CC1C1CCN(C2CCCc3ccccc32)CC1. The lowest BCUT2D eigenvalue weighted by Crippen LogP contribution is -2.40. The smallest absolute Gasteiger partial charge is 0.162 e. The van der Waals surface area contributed by atoms with Gasteiger partial charge in [0.1, 0.15) is 0 Å². The highest BCUT2D eigenvalue weighted by molar-refractivity contribution is 5.94. The van der Waals surface area contributed by atoms with Crippen molar-refractivity contribution in [1.29, 1.82) is 0 Å². The van der Waals surface area contributed by atoms with Crippen LogP contribution >= 0.6 is 0 Å². The summed E-state index contributed by atoms with van der Waals surface area (Å²) in [6, 6.07) is 9.57. The van der Waals surface area contributed by atoms with Crippen LogP contribution in [0.4, 0.5) is 0 Å². The molecule has 0 bridgehead atoms. The number of aryl methyl sites for hydroxylation is 1. The van der Waals surface area contributed by atoms with Crippen molar-refractivity contribution in [1.82, 2.24) is 4.90 Å². The summed E-state index contributed by atoms with van der Waals surface area (Å²) in [7, 11) is 0. The summed E-state index contributed by atoms with van der Waals surface area (Å²) in [5.41, 5.74) is 3.09. The first-order chi connectivity index (χ1) is 11.3. The molecular formula is C21H25NO. The van der Waals surface area contributed by atoms with Gasteiger partial charge in [0, 0.05) is 12.0 Å². The minimum Gasteiger partial charge on any atom is -0.296 e. The monoisotopic (exact) mass is 307 g/mol. The Kier molecular flexibility index (Phi) is 4.17. The van der Waals surface area contributed by atoms with E-state index in [1.807, 2.05) is 12.2 Å². The van der Waals surface area contributed by atoms with Gasteiger partial charge in [-0.2, -0.15) is 0 Å². The molecule has 120 valence electrons. The van der Waals surface area contributed by atoms with Crippen LogP contribution in [0.15, 0.2) is 48.6 Å². The predicted octanol–water partition coefficient (Wildman–Crippen LogP) is 4.09. The number of hydrogen-bond donors (Lipinski definition) is 0. The average molecular weight is 307 g/mol. The third-order valence-electron chi connectivity index (χ3n) is 5.88. The van der Waals surface area contributed by atoms with Crippen molar-refractivity contribution in [2.45, 2.75) is 38.1 Å². The molecule has 0 saturated carbocycles. The molecule has 1 aromatic carbocycles. The van der Waals surface area contributed by atoms with Gasteiger partial charge in [0.15, 0.2) is 5.78 Å². The minimum atomic E-state index is 0.126. The molecule has 0 amide bonds. The molecule has 2 nitrogen and oxygen atoms in total. The van der Waals surface area contributed by atoms with Gasteiger partial charge in [0.25, 0.3) is 0 Å². The Morgan fingerprint density at radius 3 is 2.65 bits per heavy atom. The first-order valence-corrected chi connectivity index (χ1v) is 9.03. The molecule has 1 fully saturated rings. The molecule has 2 atom stereocenters. The Morgan fingerprint density at radius 1 is 1.00 bits per heavy atom. The molecule has 2 heteroatoms. The van der Waals surface area contributed by atoms with Crippen LogP contribution in [-0.4, -0.2) is 23.8 Å². The molecule has 1 heterocycles. The standard InChI is InChI=1S/C21H25NO/c23-21-11-4-3-9-19(21)17-12-14-22(15-13-17)20-10-5-7-16-6-1-2-8-18(16)20/h1-4,6,8-9,11,17,19-20H,5,7,10,12-15H2. The number of nitrogens with zero attached hydrogens (tertiary/aromatic N) is 1. The quantitative estimate of drug-likeness (QED) is 0.820. The maximum Gasteiger partial charge on any atom is 0.162 e. The van der Waals surface area contributed by atoms with E-state index < -0.39 is 0 Å². The van der Waals surface area contributed by atoms with Gasteiger partial charge in [-0.15, -0.1) is 0 Å². The molecule has 4 rings (SSSR count). The van der Waals surface area contributed by atoms with E-state index in [9.17, 15) is 4.79 Å². The molecule has 1 aliphatic heterocycles. The lowest BCUT2D eigenvalue weighted by atomic mass is 9.79. The van der Waals surface area contributed by atoms with E-state index in [0.717, 1.165) is 25.9 Å². The molecule has 23 heavy (non-hydrogen) atoms. The average Bonchev–Trinajstić information content (AvgIpc) is 2.62. The van der Waals surface area contributed by atoms with Crippen molar-refractivity contribution in [3.63, 3.8) is 0 Å². The maximum atomic E-state index is 12.1. The molecule has 2 unspecified atom stereocenters. The van der Waals surface area contributed by atoms with Gasteiger partial charge < -0.3 is 0 Å². The number of likely N-dealkylation sites (tertiary alicyclic amines) is 1. The number of fused-ring (bicyclic) bond motifs is 1. The zero-order chi connectivity index (χ0) is 15.6. The number of benzene rings is 1. The van der Waals surface area contributed by atoms with E-state index in [4.69, 9.17) is 0 Å². The number of ketones is 1. The van der Waals surface area contributed by atoms with Crippen molar-refractivity contribution >= 4 is 5.78 Å². The third kappa shape index (κ3) is 2.92. The molecule has 2 aliphatic carbocycles. The van der Waals surface area contributed by atoms with Gasteiger partial charge in [-0.1, -0.05) is 42.5 Å². The van der Waals surface area contributed by atoms with E-state index in [1.54, 1.807) is 17.2 Å². The number of hydrogen-bond acceptors (Lipinski definition) is 2. The summed E-state index contributed by atoms with van der Waals surface area (Å²) in [4.78, 5) is 14.8. The second kappa shape index (κ2) is 6.45. The molecule has 0 N–H and O–H groups in total. The van der Waals surface area contributed by atoms with Crippen LogP contribution in [0, 0.1) is 11.8 Å². The van der Waals surface area contributed by atoms with Gasteiger partial charge in [-0.25, -0.2) is 0 Å². The summed E-state index contributed by atoms with van der Waals surface area (Å²) in [6.07, 6.45) is 13.9. The van der Waals surface area contributed by atoms with Crippen LogP contribution in [0.5, 0.6) is 0 Å². The lowest BCUT2D eigenvalue weighted by molar-refractivity contribution is -0.118. The highest BCUT2D eigenvalue weighted by atomic mass is 16.1. The Hall–Kier alpha value is -1.67. The first kappa shape index (κ1) is 14.9. The minimum absolute atomic E-state index is 0.126. The van der Waals surface area contributed by atoms with E-state index in [-0.39, 0.29) is 5.92 Å². The summed E-state index contributed by atoms with van der Waals surface area (Å²) in [5, 5.41) is 0. The van der Waals surface area contributed by atoms with Crippen molar-refractivity contribution in [3.05, 3.63) is 59.7 Å². The topological polar surface area (TPSA) is 20.3 Å². The number of rotatable bonds is 2. The summed E-state index contributed by atoms with van der Waals surface area (Å²) >= 11 is 0.